The first-order valence-corrected chi connectivity index (χ1v) is 13.4. The molecule has 4 aromatic rings. The van der Waals surface area contributed by atoms with E-state index >= 15 is 0 Å². The Morgan fingerprint density at radius 2 is 1.53 bits per heavy atom. The molecule has 38 heavy (non-hydrogen) atoms. The smallest absolute Gasteiger partial charge is 0.271 e. The number of nitrogens with zero attached hydrogens (tertiary/aromatic N) is 1. The van der Waals surface area contributed by atoms with Gasteiger partial charge < -0.3 is 14.2 Å². The van der Waals surface area contributed by atoms with E-state index in [0.29, 0.717) is 41.0 Å². The Labute approximate surface area is 242 Å². The summed E-state index contributed by atoms with van der Waals surface area (Å²) in [5.74, 6) is 1.28. The third-order valence-electron chi connectivity index (χ3n) is 5.36. The van der Waals surface area contributed by atoms with Crippen LogP contribution in [0.5, 0.6) is 17.2 Å². The lowest BCUT2D eigenvalue weighted by Crippen LogP contribution is -2.17. The minimum atomic E-state index is -0.379. The Kier molecular flexibility index (Phi) is 9.81. The second-order valence-corrected chi connectivity index (χ2v) is 10.2. The maximum Gasteiger partial charge on any atom is 0.271 e. The summed E-state index contributed by atoms with van der Waals surface area (Å²) < 4.78 is 18.7. The number of hydrogen-bond acceptors (Lipinski definition) is 5. The lowest BCUT2D eigenvalue weighted by Gasteiger charge is -2.12. The number of benzene rings is 4. The lowest BCUT2D eigenvalue weighted by atomic mass is 10.2. The van der Waals surface area contributed by atoms with Crippen molar-refractivity contribution in [1.29, 1.82) is 0 Å². The van der Waals surface area contributed by atoms with E-state index in [-0.39, 0.29) is 5.91 Å². The summed E-state index contributed by atoms with van der Waals surface area (Å²) in [5, 5.41) is 4.77. The van der Waals surface area contributed by atoms with E-state index in [1.165, 1.54) is 7.11 Å². The van der Waals surface area contributed by atoms with Crippen molar-refractivity contribution in [3.63, 3.8) is 0 Å². The Bertz CT molecular complexity index is 1410. The van der Waals surface area contributed by atoms with Crippen LogP contribution in [0.3, 0.4) is 0 Å². The fraction of sp³-hybridized carbons (Fsp3) is 0.103. The number of halogens is 3. The summed E-state index contributed by atoms with van der Waals surface area (Å²) in [7, 11) is 1.53. The number of methoxy groups -OCH3 is 1. The van der Waals surface area contributed by atoms with Crippen molar-refractivity contribution in [2.75, 3.05) is 7.11 Å². The molecule has 4 aromatic carbocycles. The van der Waals surface area contributed by atoms with E-state index in [1.54, 1.807) is 24.4 Å². The van der Waals surface area contributed by atoms with Gasteiger partial charge in [-0.15, -0.1) is 0 Å². The monoisotopic (exact) mass is 656 g/mol. The van der Waals surface area contributed by atoms with Gasteiger partial charge in [-0.05, 0) is 91.0 Å². The number of nitrogens with one attached hydrogen (secondary N) is 1. The number of carbonyl (C=O) groups excluding carboxylic acids is 1. The fourth-order valence-corrected chi connectivity index (χ4v) is 5.00. The molecule has 0 aromatic heterocycles. The van der Waals surface area contributed by atoms with Gasteiger partial charge in [0.15, 0.2) is 11.5 Å². The fourth-order valence-electron chi connectivity index (χ4n) is 3.42. The number of hydrogen-bond donors (Lipinski definition) is 1. The molecule has 194 valence electrons. The lowest BCUT2D eigenvalue weighted by molar-refractivity contribution is 0.0954. The van der Waals surface area contributed by atoms with Crippen molar-refractivity contribution in [3.8, 4) is 17.2 Å². The quantitative estimate of drug-likeness (QED) is 0.140. The third-order valence-corrected chi connectivity index (χ3v) is 6.79. The standard InChI is InChI=1S/C29H23Br2ClN2O4/c1-36-27-15-22(9-12-26(27)37-17-19-5-3-2-4-6-19)29(35)34-33-16-21-13-24(30)28(25(31)14-21)38-18-20-7-10-23(32)11-8-20/h2-16H,17-18H2,1H3,(H,34,35)/b33-16+. The molecule has 0 unspecified atom stereocenters. The van der Waals surface area contributed by atoms with Gasteiger partial charge in [-0.1, -0.05) is 54.1 Å². The number of rotatable bonds is 10. The highest BCUT2D eigenvalue weighted by atomic mass is 79.9. The molecule has 0 atom stereocenters. The van der Waals surface area contributed by atoms with Crippen LogP contribution in [0.15, 0.2) is 99.0 Å². The van der Waals surface area contributed by atoms with Crippen molar-refractivity contribution < 1.29 is 19.0 Å². The number of amides is 1. The number of hydrazone groups is 1. The SMILES string of the molecule is COc1cc(C(=O)N/N=C/c2cc(Br)c(OCc3ccc(Cl)cc3)c(Br)c2)ccc1OCc1ccccc1. The minimum Gasteiger partial charge on any atom is -0.493 e. The van der Waals surface area contributed by atoms with Crippen LogP contribution >= 0.6 is 43.5 Å². The molecule has 1 amide bonds. The van der Waals surface area contributed by atoms with Crippen molar-refractivity contribution in [3.05, 3.63) is 121 Å². The molecular formula is C29H23Br2ClN2O4. The summed E-state index contributed by atoms with van der Waals surface area (Å²) in [5.41, 5.74) is 5.71. The Morgan fingerprint density at radius 3 is 2.21 bits per heavy atom. The topological polar surface area (TPSA) is 69.2 Å². The van der Waals surface area contributed by atoms with Gasteiger partial charge in [-0.2, -0.15) is 5.10 Å². The molecule has 0 radical (unpaired) electrons. The molecule has 4 rings (SSSR count). The highest BCUT2D eigenvalue weighted by molar-refractivity contribution is 9.11. The number of carbonyl (C=O) groups is 1. The average molecular weight is 659 g/mol. The van der Waals surface area contributed by atoms with Crippen molar-refractivity contribution >= 4 is 55.6 Å². The molecule has 0 saturated carbocycles. The molecule has 0 spiro atoms. The molecule has 0 fully saturated rings. The van der Waals surface area contributed by atoms with E-state index in [0.717, 1.165) is 25.6 Å². The van der Waals surface area contributed by atoms with Crippen LogP contribution in [0.25, 0.3) is 0 Å². The van der Waals surface area contributed by atoms with Gasteiger partial charge in [-0.3, -0.25) is 4.79 Å². The second kappa shape index (κ2) is 13.5. The highest BCUT2D eigenvalue weighted by Gasteiger charge is 2.12. The molecule has 9 heteroatoms. The largest absolute Gasteiger partial charge is 0.493 e. The average Bonchev–Trinajstić information content (AvgIpc) is 2.93. The van der Waals surface area contributed by atoms with E-state index in [2.05, 4.69) is 42.4 Å². The zero-order valence-corrected chi connectivity index (χ0v) is 24.2. The first kappa shape index (κ1) is 27.7. The normalized spacial score (nSPS) is 10.8. The molecule has 0 aliphatic carbocycles. The molecule has 1 N–H and O–H groups in total. The van der Waals surface area contributed by atoms with Gasteiger partial charge >= 0.3 is 0 Å². The molecule has 0 aliphatic heterocycles. The van der Waals surface area contributed by atoms with Crippen LogP contribution in [-0.2, 0) is 13.2 Å². The highest BCUT2D eigenvalue weighted by Crippen LogP contribution is 2.35. The summed E-state index contributed by atoms with van der Waals surface area (Å²) in [4.78, 5) is 12.7. The number of ether oxygens (including phenoxy) is 3. The first-order chi connectivity index (χ1) is 18.4. The van der Waals surface area contributed by atoms with Gasteiger partial charge in [0, 0.05) is 10.6 Å². The maximum atomic E-state index is 12.7. The van der Waals surface area contributed by atoms with Crippen LogP contribution < -0.4 is 19.6 Å². The van der Waals surface area contributed by atoms with Gasteiger partial charge in [0.1, 0.15) is 19.0 Å². The molecule has 0 saturated heterocycles. The van der Waals surface area contributed by atoms with Crippen molar-refractivity contribution in [1.82, 2.24) is 5.43 Å². The molecule has 6 nitrogen and oxygen atoms in total. The maximum absolute atomic E-state index is 12.7. The summed E-state index contributed by atoms with van der Waals surface area (Å²) in [6, 6.07) is 25.9. The Balaban J connectivity index is 1.36. The van der Waals surface area contributed by atoms with Gasteiger partial charge in [0.05, 0.1) is 22.3 Å². The van der Waals surface area contributed by atoms with Crippen LogP contribution in [0.2, 0.25) is 5.02 Å². The van der Waals surface area contributed by atoms with Crippen LogP contribution in [0.1, 0.15) is 27.0 Å². The van der Waals surface area contributed by atoms with Gasteiger partial charge in [0.2, 0.25) is 0 Å². The molecule has 0 bridgehead atoms. The third kappa shape index (κ3) is 7.60. The molecule has 0 aliphatic rings. The van der Waals surface area contributed by atoms with Gasteiger partial charge in [-0.25, -0.2) is 5.43 Å². The Morgan fingerprint density at radius 1 is 0.868 bits per heavy atom. The summed E-state index contributed by atoms with van der Waals surface area (Å²) >= 11 is 13.0. The van der Waals surface area contributed by atoms with Crippen LogP contribution in [0.4, 0.5) is 0 Å². The molecular weight excluding hydrogens is 636 g/mol. The zero-order valence-electron chi connectivity index (χ0n) is 20.3. The zero-order chi connectivity index (χ0) is 26.9. The van der Waals surface area contributed by atoms with E-state index in [4.69, 9.17) is 25.8 Å². The molecule has 0 heterocycles. The van der Waals surface area contributed by atoms with E-state index in [9.17, 15) is 4.79 Å². The van der Waals surface area contributed by atoms with Gasteiger partial charge in [0.25, 0.3) is 5.91 Å². The van der Waals surface area contributed by atoms with E-state index in [1.807, 2.05) is 66.7 Å². The van der Waals surface area contributed by atoms with Crippen molar-refractivity contribution in [2.24, 2.45) is 5.10 Å². The Hall–Kier alpha value is -3.33. The van der Waals surface area contributed by atoms with Crippen molar-refractivity contribution in [2.45, 2.75) is 13.2 Å². The predicted molar refractivity (Wildman–Crippen MR) is 156 cm³/mol. The summed E-state index contributed by atoms with van der Waals surface area (Å²) in [6.45, 7) is 0.778. The predicted octanol–water partition coefficient (Wildman–Crippen LogP) is 7.80. The van der Waals surface area contributed by atoms with E-state index < -0.39 is 0 Å². The van der Waals surface area contributed by atoms with Crippen LogP contribution in [0, 0.1) is 0 Å². The van der Waals surface area contributed by atoms with Crippen LogP contribution in [-0.4, -0.2) is 19.2 Å². The second-order valence-electron chi connectivity index (χ2n) is 8.07. The summed E-state index contributed by atoms with van der Waals surface area (Å²) in [6.07, 6.45) is 1.55. The first-order valence-electron chi connectivity index (χ1n) is 11.5. The minimum absolute atomic E-state index is 0.379.